The first-order chi connectivity index (χ1) is 15.3. The van der Waals surface area contributed by atoms with E-state index in [-0.39, 0.29) is 36.9 Å². The van der Waals surface area contributed by atoms with Crippen molar-refractivity contribution in [1.82, 2.24) is 10.3 Å². The first-order valence-electron chi connectivity index (χ1n) is 10.2. The summed E-state index contributed by atoms with van der Waals surface area (Å²) in [6.45, 7) is 0.168. The average Bonchev–Trinajstić information content (AvgIpc) is 2.71. The normalized spacial score (nSPS) is 18.6. The number of aliphatic hydroxyl groups is 1. The fourth-order valence-corrected chi connectivity index (χ4v) is 3.93. The van der Waals surface area contributed by atoms with Crippen LogP contribution in [0.2, 0.25) is 0 Å². The molecule has 1 aromatic heterocycles. The van der Waals surface area contributed by atoms with E-state index >= 15 is 0 Å². The molecule has 0 aliphatic heterocycles. The third-order valence-corrected chi connectivity index (χ3v) is 5.67. The van der Waals surface area contributed by atoms with E-state index in [2.05, 4.69) is 10.3 Å². The largest absolute Gasteiger partial charge is 0.490 e. The van der Waals surface area contributed by atoms with E-state index in [9.17, 15) is 27.1 Å². The van der Waals surface area contributed by atoms with Crippen LogP contribution in [-0.2, 0) is 19.1 Å². The van der Waals surface area contributed by atoms with Crippen LogP contribution in [0.3, 0.4) is 0 Å². The second-order valence-corrected chi connectivity index (χ2v) is 7.82. The number of hydrogen-bond acceptors (Lipinski definition) is 4. The number of aliphatic hydroxyl groups excluding tert-OH is 1. The first-order valence-corrected chi connectivity index (χ1v) is 10.2. The Labute approximate surface area is 181 Å². The van der Waals surface area contributed by atoms with E-state index in [0.717, 1.165) is 11.5 Å². The maximum Gasteiger partial charge on any atom is 0.419 e. The highest BCUT2D eigenvalue weighted by molar-refractivity contribution is 5.88. The number of pyridine rings is 1. The lowest BCUT2D eigenvalue weighted by atomic mass is 9.88. The molecule has 0 atom stereocenters. The summed E-state index contributed by atoms with van der Waals surface area (Å²) in [5.74, 6) is -1.75. The van der Waals surface area contributed by atoms with Crippen LogP contribution >= 0.6 is 0 Å². The van der Waals surface area contributed by atoms with Crippen molar-refractivity contribution in [2.75, 3.05) is 6.61 Å². The van der Waals surface area contributed by atoms with E-state index in [1.54, 1.807) is 18.5 Å². The minimum absolute atomic E-state index is 0.0101. The number of nitrogens with one attached hydrogen (secondary N) is 1. The Morgan fingerprint density at radius 3 is 2.56 bits per heavy atom. The van der Waals surface area contributed by atoms with Gasteiger partial charge < -0.3 is 15.2 Å². The standard InChI is InChI=1S/C23H21F5N2O2/c24-21-2-1-15(10-20(21)23(26,27)28)32-16-8-14(9-16)30-12-19-17-3-5-29-11-18(17)13(4-6-31)7-22(19)25/h1-3,5,7,10-11,14,16,30-31H,4,6,8-9,12H2. The molecule has 1 aliphatic rings. The summed E-state index contributed by atoms with van der Waals surface area (Å²) in [6, 6.07) is 5.74. The quantitative estimate of drug-likeness (QED) is 0.508. The zero-order valence-corrected chi connectivity index (χ0v) is 16.9. The predicted octanol–water partition coefficient (Wildman–Crippen LogP) is 4.77. The van der Waals surface area contributed by atoms with Crippen LogP contribution in [0.25, 0.3) is 10.8 Å². The zero-order valence-electron chi connectivity index (χ0n) is 16.9. The van der Waals surface area contributed by atoms with Gasteiger partial charge in [-0.1, -0.05) is 0 Å². The van der Waals surface area contributed by atoms with Gasteiger partial charge in [0, 0.05) is 42.5 Å². The smallest absolute Gasteiger partial charge is 0.419 e. The van der Waals surface area contributed by atoms with Crippen molar-refractivity contribution < 1.29 is 31.8 Å². The van der Waals surface area contributed by atoms with Crippen molar-refractivity contribution in [3.05, 3.63) is 71.1 Å². The van der Waals surface area contributed by atoms with E-state index in [0.29, 0.717) is 41.8 Å². The van der Waals surface area contributed by atoms with Gasteiger partial charge in [-0.15, -0.1) is 0 Å². The van der Waals surface area contributed by atoms with Gasteiger partial charge in [-0.2, -0.15) is 13.2 Å². The molecule has 3 aromatic rings. The predicted molar refractivity (Wildman–Crippen MR) is 108 cm³/mol. The number of nitrogens with zero attached hydrogens (tertiary/aromatic N) is 1. The van der Waals surface area contributed by atoms with Crippen LogP contribution in [0.5, 0.6) is 5.75 Å². The number of aromatic nitrogens is 1. The molecule has 0 unspecified atom stereocenters. The fourth-order valence-electron chi connectivity index (χ4n) is 3.93. The molecular formula is C23H21F5N2O2. The summed E-state index contributed by atoms with van der Waals surface area (Å²) in [7, 11) is 0. The van der Waals surface area contributed by atoms with Crippen LogP contribution in [0, 0.1) is 11.6 Å². The molecule has 0 amide bonds. The van der Waals surface area contributed by atoms with Gasteiger partial charge >= 0.3 is 6.18 Å². The molecule has 1 fully saturated rings. The van der Waals surface area contributed by atoms with Crippen LogP contribution in [0.4, 0.5) is 22.0 Å². The van der Waals surface area contributed by atoms with Crippen LogP contribution in [0.1, 0.15) is 29.5 Å². The number of rotatable bonds is 7. The lowest BCUT2D eigenvalue weighted by Crippen LogP contribution is -2.46. The molecule has 32 heavy (non-hydrogen) atoms. The maximum atomic E-state index is 14.7. The number of hydrogen-bond donors (Lipinski definition) is 2. The molecule has 1 heterocycles. The summed E-state index contributed by atoms with van der Waals surface area (Å²) in [4.78, 5) is 4.09. The molecule has 2 aromatic carbocycles. The van der Waals surface area contributed by atoms with Gasteiger partial charge in [-0.25, -0.2) is 8.78 Å². The summed E-state index contributed by atoms with van der Waals surface area (Å²) in [5, 5.41) is 14.0. The molecule has 1 saturated carbocycles. The number of alkyl halides is 3. The lowest BCUT2D eigenvalue weighted by Gasteiger charge is -2.36. The minimum Gasteiger partial charge on any atom is -0.490 e. The lowest BCUT2D eigenvalue weighted by molar-refractivity contribution is -0.140. The Hall–Kier alpha value is -2.78. The van der Waals surface area contributed by atoms with Crippen molar-refractivity contribution >= 4 is 10.8 Å². The van der Waals surface area contributed by atoms with Gasteiger partial charge in [0.25, 0.3) is 0 Å². The van der Waals surface area contributed by atoms with Crippen molar-refractivity contribution in [2.24, 2.45) is 0 Å². The summed E-state index contributed by atoms with van der Waals surface area (Å²) in [5.41, 5.74) is -0.182. The Morgan fingerprint density at radius 2 is 1.84 bits per heavy atom. The minimum atomic E-state index is -4.79. The van der Waals surface area contributed by atoms with E-state index < -0.39 is 17.6 Å². The van der Waals surface area contributed by atoms with Gasteiger partial charge in [-0.3, -0.25) is 4.98 Å². The van der Waals surface area contributed by atoms with Gasteiger partial charge in [0.2, 0.25) is 0 Å². The van der Waals surface area contributed by atoms with Crippen molar-refractivity contribution in [3.8, 4) is 5.75 Å². The summed E-state index contributed by atoms with van der Waals surface area (Å²) >= 11 is 0. The van der Waals surface area contributed by atoms with Gasteiger partial charge in [0.05, 0.1) is 5.56 Å². The highest BCUT2D eigenvalue weighted by Crippen LogP contribution is 2.35. The molecule has 170 valence electrons. The Kier molecular flexibility index (Phi) is 6.30. The second-order valence-electron chi connectivity index (χ2n) is 7.82. The molecule has 4 nitrogen and oxygen atoms in total. The Morgan fingerprint density at radius 1 is 1.06 bits per heavy atom. The monoisotopic (exact) mass is 452 g/mol. The van der Waals surface area contributed by atoms with Crippen molar-refractivity contribution in [2.45, 2.75) is 44.1 Å². The molecular weight excluding hydrogens is 431 g/mol. The molecule has 0 spiro atoms. The molecule has 1 aliphatic carbocycles. The van der Waals surface area contributed by atoms with Gasteiger partial charge in [0.1, 0.15) is 23.5 Å². The Bertz CT molecular complexity index is 1110. The molecule has 4 rings (SSSR count). The number of halogens is 5. The highest BCUT2D eigenvalue weighted by atomic mass is 19.4. The van der Waals surface area contributed by atoms with Crippen LogP contribution in [-0.4, -0.2) is 28.8 Å². The van der Waals surface area contributed by atoms with E-state index in [1.807, 2.05) is 0 Å². The number of fused-ring (bicyclic) bond motifs is 1. The maximum absolute atomic E-state index is 14.7. The fraction of sp³-hybridized carbons (Fsp3) is 0.348. The average molecular weight is 452 g/mol. The van der Waals surface area contributed by atoms with E-state index in [1.165, 1.54) is 12.1 Å². The highest BCUT2D eigenvalue weighted by Gasteiger charge is 2.35. The molecule has 0 radical (unpaired) electrons. The molecule has 0 saturated heterocycles. The molecule has 2 N–H and O–H groups in total. The van der Waals surface area contributed by atoms with Crippen molar-refractivity contribution in [1.29, 1.82) is 0 Å². The summed E-state index contributed by atoms with van der Waals surface area (Å²) in [6.07, 6.45) is -0.481. The third-order valence-electron chi connectivity index (χ3n) is 5.67. The molecule has 9 heteroatoms. The SMILES string of the molecule is OCCc1cc(F)c(CNC2CC(Oc3ccc(F)c(C(F)(F)F)c3)C2)c2ccncc12. The van der Waals surface area contributed by atoms with Gasteiger partial charge in [-0.05, 0) is 60.5 Å². The second kappa shape index (κ2) is 8.99. The van der Waals surface area contributed by atoms with Gasteiger partial charge in [0.15, 0.2) is 0 Å². The first kappa shape index (κ1) is 22.4. The van der Waals surface area contributed by atoms with Crippen molar-refractivity contribution in [3.63, 3.8) is 0 Å². The van der Waals surface area contributed by atoms with E-state index in [4.69, 9.17) is 4.74 Å². The number of benzene rings is 2. The zero-order chi connectivity index (χ0) is 22.9. The van der Waals surface area contributed by atoms with Crippen LogP contribution < -0.4 is 10.1 Å². The topological polar surface area (TPSA) is 54.4 Å². The summed E-state index contributed by atoms with van der Waals surface area (Å²) < 4.78 is 72.2. The number of ether oxygens (including phenoxy) is 1. The van der Waals surface area contributed by atoms with Crippen LogP contribution in [0.15, 0.2) is 42.7 Å². The Balaban J connectivity index is 1.38. The molecule has 0 bridgehead atoms. The third kappa shape index (κ3) is 4.68.